The first kappa shape index (κ1) is 17.6. The summed E-state index contributed by atoms with van der Waals surface area (Å²) in [6, 6.07) is 0. The van der Waals surface area contributed by atoms with Crippen LogP contribution in [-0.2, 0) is 14.3 Å². The first-order valence-electron chi connectivity index (χ1n) is 7.79. The van der Waals surface area contributed by atoms with Gasteiger partial charge < -0.3 is 4.18 Å². The molecule has 0 aromatic rings. The van der Waals surface area contributed by atoms with Crippen LogP contribution in [0.4, 0.5) is 13.2 Å². The van der Waals surface area contributed by atoms with Gasteiger partial charge in [-0.15, -0.1) is 0 Å². The van der Waals surface area contributed by atoms with Gasteiger partial charge in [-0.1, -0.05) is 19.8 Å². The van der Waals surface area contributed by atoms with Gasteiger partial charge in [0, 0.05) is 6.42 Å². The Balaban J connectivity index is 2.01. The van der Waals surface area contributed by atoms with Crippen LogP contribution in [0.15, 0.2) is 11.3 Å². The highest BCUT2D eigenvalue weighted by atomic mass is 32.2. The minimum Gasteiger partial charge on any atom is -0.381 e. The van der Waals surface area contributed by atoms with E-state index in [1.165, 1.54) is 12.8 Å². The Morgan fingerprint density at radius 1 is 1.05 bits per heavy atom. The third kappa shape index (κ3) is 3.97. The van der Waals surface area contributed by atoms with Crippen LogP contribution in [0, 0.1) is 17.8 Å². The van der Waals surface area contributed by atoms with Crippen molar-refractivity contribution >= 4 is 10.1 Å². The fourth-order valence-electron chi connectivity index (χ4n) is 3.59. The van der Waals surface area contributed by atoms with Crippen LogP contribution in [0.1, 0.15) is 58.8 Å². The summed E-state index contributed by atoms with van der Waals surface area (Å²) in [5.41, 5.74) is -4.72. The maximum Gasteiger partial charge on any atom is 0.534 e. The summed E-state index contributed by atoms with van der Waals surface area (Å²) in [4.78, 5) is 0. The van der Waals surface area contributed by atoms with Gasteiger partial charge in [0.2, 0.25) is 0 Å². The van der Waals surface area contributed by atoms with Gasteiger partial charge in [-0.25, -0.2) is 0 Å². The number of rotatable bonds is 3. The third-order valence-corrected chi connectivity index (χ3v) is 6.00. The van der Waals surface area contributed by atoms with Gasteiger partial charge >= 0.3 is 15.6 Å². The molecule has 0 amide bonds. The van der Waals surface area contributed by atoms with Crippen molar-refractivity contribution in [3.05, 3.63) is 11.3 Å². The lowest BCUT2D eigenvalue weighted by molar-refractivity contribution is -0.0525. The highest BCUT2D eigenvalue weighted by Gasteiger charge is 2.49. The lowest BCUT2D eigenvalue weighted by Crippen LogP contribution is -2.28. The molecule has 3 nitrogen and oxygen atoms in total. The van der Waals surface area contributed by atoms with Crippen molar-refractivity contribution in [1.29, 1.82) is 0 Å². The van der Waals surface area contributed by atoms with Gasteiger partial charge in [-0.2, -0.15) is 21.6 Å². The molecule has 7 heteroatoms. The van der Waals surface area contributed by atoms with Crippen molar-refractivity contribution < 1.29 is 25.8 Å². The first-order chi connectivity index (χ1) is 10.1. The van der Waals surface area contributed by atoms with E-state index in [4.69, 9.17) is 0 Å². The highest BCUT2D eigenvalue weighted by molar-refractivity contribution is 7.87. The van der Waals surface area contributed by atoms with Crippen molar-refractivity contribution in [2.24, 2.45) is 17.8 Å². The zero-order valence-corrected chi connectivity index (χ0v) is 13.8. The highest BCUT2D eigenvalue weighted by Crippen LogP contribution is 2.42. The molecule has 1 unspecified atom stereocenters. The Morgan fingerprint density at radius 2 is 1.64 bits per heavy atom. The SMILES string of the molecule is CC1=C(OS(=O)(=O)C(F)(F)F)CCC(C2CCC(C)CC2)C1. The maximum atomic E-state index is 12.4. The third-order valence-electron chi connectivity index (χ3n) is 5.01. The molecule has 1 fully saturated rings. The van der Waals surface area contributed by atoms with E-state index in [1.807, 2.05) is 0 Å². The molecular weight excluding hydrogens is 317 g/mol. The van der Waals surface area contributed by atoms with E-state index in [0.29, 0.717) is 30.3 Å². The van der Waals surface area contributed by atoms with E-state index < -0.39 is 15.6 Å². The summed E-state index contributed by atoms with van der Waals surface area (Å²) >= 11 is 0. The molecule has 0 bridgehead atoms. The average Bonchev–Trinajstić information content (AvgIpc) is 2.40. The number of halogens is 3. The summed E-state index contributed by atoms with van der Waals surface area (Å²) in [6.07, 6.45) is 6.36. The molecule has 128 valence electrons. The number of hydrogen-bond donors (Lipinski definition) is 0. The molecule has 0 spiro atoms. The molecule has 0 radical (unpaired) electrons. The molecule has 0 aromatic heterocycles. The molecule has 0 N–H and O–H groups in total. The summed E-state index contributed by atoms with van der Waals surface area (Å²) in [6.45, 7) is 3.93. The summed E-state index contributed by atoms with van der Waals surface area (Å²) < 4.78 is 63.7. The molecule has 0 aliphatic heterocycles. The van der Waals surface area contributed by atoms with Gasteiger partial charge in [0.05, 0.1) is 0 Å². The van der Waals surface area contributed by atoms with Crippen LogP contribution in [0.3, 0.4) is 0 Å². The van der Waals surface area contributed by atoms with Crippen LogP contribution in [0.5, 0.6) is 0 Å². The standard InChI is InChI=1S/C15H23F3O3S/c1-10-3-5-12(6-4-10)13-7-8-14(11(2)9-13)21-22(19,20)15(16,17)18/h10,12-13H,3-9H2,1-2H3. The van der Waals surface area contributed by atoms with Crippen molar-refractivity contribution in [2.75, 3.05) is 0 Å². The van der Waals surface area contributed by atoms with Crippen LogP contribution in [0.25, 0.3) is 0 Å². The van der Waals surface area contributed by atoms with E-state index in [-0.39, 0.29) is 12.2 Å². The molecule has 0 saturated heterocycles. The Kier molecular flexibility index (Phi) is 5.14. The van der Waals surface area contributed by atoms with Crippen molar-refractivity contribution in [3.8, 4) is 0 Å². The molecule has 2 aliphatic carbocycles. The van der Waals surface area contributed by atoms with E-state index in [1.54, 1.807) is 6.92 Å². The Hall–Kier alpha value is -0.720. The quantitative estimate of drug-likeness (QED) is 0.550. The zero-order chi connectivity index (χ0) is 16.5. The fourth-order valence-corrected chi connectivity index (χ4v) is 4.18. The lowest BCUT2D eigenvalue weighted by atomic mass is 9.71. The van der Waals surface area contributed by atoms with E-state index in [0.717, 1.165) is 18.8 Å². The van der Waals surface area contributed by atoms with Crippen LogP contribution >= 0.6 is 0 Å². The predicted octanol–water partition coefficient (Wildman–Crippen LogP) is 4.75. The van der Waals surface area contributed by atoms with Crippen LogP contribution in [0.2, 0.25) is 0 Å². The van der Waals surface area contributed by atoms with Gasteiger partial charge in [0.15, 0.2) is 0 Å². The predicted molar refractivity (Wildman–Crippen MR) is 77.2 cm³/mol. The Morgan fingerprint density at radius 3 is 2.14 bits per heavy atom. The second-order valence-electron chi connectivity index (χ2n) is 6.71. The van der Waals surface area contributed by atoms with E-state index in [2.05, 4.69) is 11.1 Å². The van der Waals surface area contributed by atoms with Gasteiger partial charge in [-0.05, 0) is 55.9 Å². The van der Waals surface area contributed by atoms with Gasteiger partial charge in [-0.3, -0.25) is 0 Å². The Bertz CT molecular complexity index is 529. The second kappa shape index (κ2) is 6.42. The maximum absolute atomic E-state index is 12.4. The minimum atomic E-state index is -5.54. The monoisotopic (exact) mass is 340 g/mol. The van der Waals surface area contributed by atoms with Crippen molar-refractivity contribution in [1.82, 2.24) is 0 Å². The summed E-state index contributed by atoms with van der Waals surface area (Å²) in [7, 11) is -5.54. The molecule has 2 aliphatic rings. The van der Waals surface area contributed by atoms with Gasteiger partial charge in [0.25, 0.3) is 0 Å². The second-order valence-corrected chi connectivity index (χ2v) is 8.25. The van der Waals surface area contributed by atoms with Crippen molar-refractivity contribution in [2.45, 2.75) is 64.3 Å². The molecule has 0 heterocycles. The molecule has 2 rings (SSSR count). The lowest BCUT2D eigenvalue weighted by Gasteiger charge is -2.35. The van der Waals surface area contributed by atoms with Crippen LogP contribution in [-0.4, -0.2) is 13.9 Å². The van der Waals surface area contributed by atoms with Crippen molar-refractivity contribution in [3.63, 3.8) is 0 Å². The zero-order valence-electron chi connectivity index (χ0n) is 12.9. The summed E-state index contributed by atoms with van der Waals surface area (Å²) in [5.74, 6) is 1.78. The normalized spacial score (nSPS) is 31.2. The first-order valence-corrected chi connectivity index (χ1v) is 9.20. The topological polar surface area (TPSA) is 43.4 Å². The number of alkyl halides is 3. The van der Waals surface area contributed by atoms with E-state index >= 15 is 0 Å². The largest absolute Gasteiger partial charge is 0.534 e. The molecule has 1 saturated carbocycles. The molecule has 0 aromatic carbocycles. The number of allylic oxidation sites excluding steroid dienone is 2. The molecule has 22 heavy (non-hydrogen) atoms. The minimum absolute atomic E-state index is 0.0160. The fraction of sp³-hybridized carbons (Fsp3) is 0.867. The van der Waals surface area contributed by atoms with Crippen LogP contribution < -0.4 is 0 Å². The molecule has 1 atom stereocenters. The smallest absolute Gasteiger partial charge is 0.381 e. The number of hydrogen-bond acceptors (Lipinski definition) is 3. The molecular formula is C15H23F3O3S. The van der Waals surface area contributed by atoms with Gasteiger partial charge in [0.1, 0.15) is 5.76 Å². The van der Waals surface area contributed by atoms with E-state index in [9.17, 15) is 21.6 Å². The average molecular weight is 340 g/mol. The summed E-state index contributed by atoms with van der Waals surface area (Å²) in [5, 5.41) is 0. The Labute approximate surface area is 130 Å².